The Kier molecular flexibility index (Phi) is 3.98. The Morgan fingerprint density at radius 3 is 2.28 bits per heavy atom. The molecule has 0 aromatic heterocycles. The van der Waals surface area contributed by atoms with E-state index in [4.69, 9.17) is 4.74 Å². The number of carbonyl (C=O) groups excluding carboxylic acids is 3. The van der Waals surface area contributed by atoms with Gasteiger partial charge in [-0.3, -0.25) is 19.3 Å². The van der Waals surface area contributed by atoms with Gasteiger partial charge in [0.25, 0.3) is 0 Å². The van der Waals surface area contributed by atoms with Crippen molar-refractivity contribution < 1.29 is 19.1 Å². The van der Waals surface area contributed by atoms with E-state index in [-0.39, 0.29) is 42.5 Å². The highest BCUT2D eigenvalue weighted by atomic mass is 16.5. The molecule has 1 heterocycles. The fourth-order valence-electron chi connectivity index (χ4n) is 4.80. The molecule has 2 aliphatic carbocycles. The summed E-state index contributed by atoms with van der Waals surface area (Å²) in [4.78, 5) is 38.6. The number of hydrogen-bond acceptors (Lipinski definition) is 4. The zero-order valence-electron chi connectivity index (χ0n) is 14.2. The second-order valence-corrected chi connectivity index (χ2v) is 7.24. The van der Waals surface area contributed by atoms with Crippen LogP contribution in [0.3, 0.4) is 0 Å². The number of fused-ring (bicyclic) bond motifs is 5. The number of amides is 3. The van der Waals surface area contributed by atoms with Gasteiger partial charge in [0.2, 0.25) is 17.7 Å². The van der Waals surface area contributed by atoms with E-state index in [0.29, 0.717) is 23.3 Å². The fraction of sp³-hybridized carbons (Fsp3) is 0.526. The molecule has 3 fully saturated rings. The van der Waals surface area contributed by atoms with Gasteiger partial charge in [-0.15, -0.1) is 0 Å². The summed E-state index contributed by atoms with van der Waals surface area (Å²) < 4.78 is 5.08. The van der Waals surface area contributed by atoms with E-state index >= 15 is 0 Å². The second-order valence-electron chi connectivity index (χ2n) is 7.24. The number of ether oxygens (including phenoxy) is 1. The molecule has 132 valence electrons. The number of nitrogens with zero attached hydrogens (tertiary/aromatic N) is 1. The average molecular weight is 342 g/mol. The van der Waals surface area contributed by atoms with Crippen LogP contribution in [0.4, 0.5) is 5.69 Å². The third-order valence-electron chi connectivity index (χ3n) is 5.95. The molecule has 4 rings (SSSR count). The predicted octanol–water partition coefficient (Wildman–Crippen LogP) is 2.05. The lowest BCUT2D eigenvalue weighted by molar-refractivity contribution is -0.140. The molecule has 2 bridgehead atoms. The Labute approximate surface area is 146 Å². The van der Waals surface area contributed by atoms with Gasteiger partial charge in [-0.1, -0.05) is 0 Å². The number of anilines is 1. The molecule has 1 N–H and O–H groups in total. The standard InChI is InChI=1S/C19H22N2O4/c1-25-14-6-4-13(5-7-14)20-15(22)8-9-21-18(23)16-11-2-3-12(10-11)17(16)19(21)24/h4-7,11-12,16-17H,2-3,8-10H2,1H3,(H,20,22)/t11-,12-,16-,17-/m0/s1. The number of imide groups is 1. The van der Waals surface area contributed by atoms with Crippen molar-refractivity contribution in [2.45, 2.75) is 25.7 Å². The van der Waals surface area contributed by atoms with Crippen molar-refractivity contribution >= 4 is 23.4 Å². The molecule has 6 heteroatoms. The molecular formula is C19H22N2O4. The van der Waals surface area contributed by atoms with Gasteiger partial charge in [0.1, 0.15) is 5.75 Å². The predicted molar refractivity (Wildman–Crippen MR) is 90.8 cm³/mol. The Morgan fingerprint density at radius 1 is 1.12 bits per heavy atom. The van der Waals surface area contributed by atoms with Crippen LogP contribution >= 0.6 is 0 Å². The van der Waals surface area contributed by atoms with Gasteiger partial charge in [-0.05, 0) is 55.4 Å². The van der Waals surface area contributed by atoms with Gasteiger partial charge in [0.05, 0.1) is 18.9 Å². The number of rotatable bonds is 5. The zero-order valence-corrected chi connectivity index (χ0v) is 14.2. The van der Waals surface area contributed by atoms with Gasteiger partial charge in [-0.2, -0.15) is 0 Å². The summed E-state index contributed by atoms with van der Waals surface area (Å²) in [5, 5.41) is 2.78. The molecule has 1 aromatic rings. The van der Waals surface area contributed by atoms with Crippen molar-refractivity contribution in [3.63, 3.8) is 0 Å². The highest BCUT2D eigenvalue weighted by Gasteiger charge is 2.60. The lowest BCUT2D eigenvalue weighted by Gasteiger charge is -2.19. The first kappa shape index (κ1) is 16.1. The van der Waals surface area contributed by atoms with E-state index < -0.39 is 0 Å². The van der Waals surface area contributed by atoms with Crippen molar-refractivity contribution in [2.24, 2.45) is 23.7 Å². The van der Waals surface area contributed by atoms with Crippen LogP contribution in [-0.2, 0) is 14.4 Å². The van der Waals surface area contributed by atoms with Gasteiger partial charge in [0.15, 0.2) is 0 Å². The largest absolute Gasteiger partial charge is 0.497 e. The van der Waals surface area contributed by atoms with Gasteiger partial charge < -0.3 is 10.1 Å². The zero-order chi connectivity index (χ0) is 17.6. The van der Waals surface area contributed by atoms with Crippen LogP contribution in [0.5, 0.6) is 5.75 Å². The highest BCUT2D eigenvalue weighted by molar-refractivity contribution is 6.06. The minimum atomic E-state index is -0.203. The smallest absolute Gasteiger partial charge is 0.233 e. The van der Waals surface area contributed by atoms with Gasteiger partial charge >= 0.3 is 0 Å². The van der Waals surface area contributed by atoms with Crippen molar-refractivity contribution in [1.29, 1.82) is 0 Å². The third-order valence-corrected chi connectivity index (χ3v) is 5.95. The van der Waals surface area contributed by atoms with Crippen LogP contribution < -0.4 is 10.1 Å². The van der Waals surface area contributed by atoms with Crippen LogP contribution in [-0.4, -0.2) is 36.3 Å². The quantitative estimate of drug-likeness (QED) is 0.831. The summed E-state index contributed by atoms with van der Waals surface area (Å²) >= 11 is 0. The van der Waals surface area contributed by atoms with Crippen LogP contribution in [0.1, 0.15) is 25.7 Å². The van der Waals surface area contributed by atoms with Crippen molar-refractivity contribution in [2.75, 3.05) is 19.0 Å². The number of hydrogen-bond donors (Lipinski definition) is 1. The second kappa shape index (κ2) is 6.17. The SMILES string of the molecule is COc1ccc(NC(=O)CCN2C(=O)[C@H]3[C@H]4CC[C@@H](C4)[C@@H]3C2=O)cc1. The molecule has 4 atom stereocenters. The molecule has 1 aromatic carbocycles. The van der Waals surface area contributed by atoms with Crippen molar-refractivity contribution in [1.82, 2.24) is 4.90 Å². The number of methoxy groups -OCH3 is 1. The van der Waals surface area contributed by atoms with E-state index in [0.717, 1.165) is 19.3 Å². The molecular weight excluding hydrogens is 320 g/mol. The average Bonchev–Trinajstić information content (AvgIpc) is 3.29. The molecule has 3 aliphatic rings. The lowest BCUT2D eigenvalue weighted by Crippen LogP contribution is -2.35. The molecule has 0 spiro atoms. The van der Waals surface area contributed by atoms with E-state index in [9.17, 15) is 14.4 Å². The highest BCUT2D eigenvalue weighted by Crippen LogP contribution is 2.56. The van der Waals surface area contributed by atoms with Crippen LogP contribution in [0, 0.1) is 23.7 Å². The maximum atomic E-state index is 12.6. The Morgan fingerprint density at radius 2 is 1.72 bits per heavy atom. The number of carbonyl (C=O) groups is 3. The number of likely N-dealkylation sites (tertiary alicyclic amines) is 1. The minimum absolute atomic E-state index is 0.0561. The van der Waals surface area contributed by atoms with Crippen molar-refractivity contribution in [3.8, 4) is 5.75 Å². The van der Waals surface area contributed by atoms with E-state index in [2.05, 4.69) is 5.32 Å². The molecule has 6 nitrogen and oxygen atoms in total. The van der Waals surface area contributed by atoms with E-state index in [1.165, 1.54) is 4.90 Å². The number of benzene rings is 1. The summed E-state index contributed by atoms with van der Waals surface area (Å²) in [5.41, 5.74) is 0.666. The van der Waals surface area contributed by atoms with Crippen LogP contribution in [0.15, 0.2) is 24.3 Å². The van der Waals surface area contributed by atoms with Gasteiger partial charge in [0, 0.05) is 18.7 Å². The van der Waals surface area contributed by atoms with Crippen molar-refractivity contribution in [3.05, 3.63) is 24.3 Å². The first-order valence-corrected chi connectivity index (χ1v) is 8.87. The minimum Gasteiger partial charge on any atom is -0.497 e. The molecule has 1 aliphatic heterocycles. The summed E-state index contributed by atoms with van der Waals surface area (Å²) in [5.74, 6) is 0.929. The maximum absolute atomic E-state index is 12.6. The summed E-state index contributed by atoms with van der Waals surface area (Å²) in [7, 11) is 1.58. The van der Waals surface area contributed by atoms with Crippen LogP contribution in [0.25, 0.3) is 0 Å². The van der Waals surface area contributed by atoms with E-state index in [1.807, 2.05) is 0 Å². The van der Waals surface area contributed by atoms with Gasteiger partial charge in [-0.25, -0.2) is 0 Å². The molecule has 0 unspecified atom stereocenters. The first-order valence-electron chi connectivity index (χ1n) is 8.87. The lowest BCUT2D eigenvalue weighted by atomic mass is 9.81. The number of nitrogens with one attached hydrogen (secondary N) is 1. The first-order chi connectivity index (χ1) is 12.1. The fourth-order valence-corrected chi connectivity index (χ4v) is 4.80. The third kappa shape index (κ3) is 2.69. The summed E-state index contributed by atoms with van der Waals surface area (Å²) in [6.45, 7) is 0.173. The molecule has 3 amide bonds. The molecule has 25 heavy (non-hydrogen) atoms. The molecule has 2 saturated carbocycles. The molecule has 0 radical (unpaired) electrons. The Balaban J connectivity index is 1.34. The monoisotopic (exact) mass is 342 g/mol. The van der Waals surface area contributed by atoms with E-state index in [1.54, 1.807) is 31.4 Å². The Bertz CT molecular complexity index is 687. The summed E-state index contributed by atoms with van der Waals surface area (Å²) in [6, 6.07) is 7.04. The maximum Gasteiger partial charge on any atom is 0.233 e. The Hall–Kier alpha value is -2.37. The topological polar surface area (TPSA) is 75.7 Å². The molecule has 1 saturated heterocycles. The normalized spacial score (nSPS) is 29.9. The summed E-state index contributed by atoms with van der Waals surface area (Å²) in [6.07, 6.45) is 3.28. The van der Waals surface area contributed by atoms with Crippen LogP contribution in [0.2, 0.25) is 0 Å².